The van der Waals surface area contributed by atoms with Gasteiger partial charge in [0.25, 0.3) is 5.91 Å². The van der Waals surface area contributed by atoms with Crippen molar-refractivity contribution in [1.82, 2.24) is 15.1 Å². The van der Waals surface area contributed by atoms with Crippen molar-refractivity contribution in [2.45, 2.75) is 50.5 Å². The molecule has 4 aliphatic rings. The van der Waals surface area contributed by atoms with Gasteiger partial charge >= 0.3 is 23.9 Å². The lowest BCUT2D eigenvalue weighted by Crippen LogP contribution is -2.70. The van der Waals surface area contributed by atoms with Crippen LogP contribution >= 0.6 is 35.1 Å². The van der Waals surface area contributed by atoms with E-state index in [0.717, 1.165) is 4.90 Å². The number of carbonyl (C=O) groups excluding carboxylic acids is 6. The van der Waals surface area contributed by atoms with Gasteiger partial charge in [0.15, 0.2) is 0 Å². The molecule has 19 heteroatoms. The van der Waals surface area contributed by atoms with Crippen LogP contribution < -0.4 is 11.1 Å². The number of carboxylic acids is 2. The molecule has 4 atom stereocenters. The summed E-state index contributed by atoms with van der Waals surface area (Å²) in [5.41, 5.74) is 6.11. The van der Waals surface area contributed by atoms with Crippen LogP contribution in [0, 0.1) is 0 Å². The number of aliphatic carboxylic acids is 2. The average molecular weight is 665 g/mol. The number of fused-ring (bicyclic) bond motifs is 2. The highest BCUT2D eigenvalue weighted by molar-refractivity contribution is 8.00. The molecule has 0 aromatic rings. The highest BCUT2D eigenvalue weighted by Gasteiger charge is 2.54. The van der Waals surface area contributed by atoms with E-state index in [9.17, 15) is 43.5 Å². The Bertz CT molecular complexity index is 1300. The molecule has 2 saturated heterocycles. The summed E-state index contributed by atoms with van der Waals surface area (Å²) in [6.45, 7) is 4.78. The molecule has 0 bridgehead atoms. The normalized spacial score (nSPS) is 23.5. The second kappa shape index (κ2) is 15.2. The molecule has 0 aromatic carbocycles. The van der Waals surface area contributed by atoms with Gasteiger partial charge in [-0.05, 0) is 11.6 Å². The number of hydrogen-bond acceptors (Lipinski definition) is 13. The minimum absolute atomic E-state index is 0.105. The van der Waals surface area contributed by atoms with Crippen LogP contribution in [0.15, 0.2) is 22.5 Å². The monoisotopic (exact) mass is 664 g/mol. The van der Waals surface area contributed by atoms with E-state index in [0.29, 0.717) is 22.7 Å². The molecule has 4 heterocycles. The number of thioether (sulfide) groups is 2. The van der Waals surface area contributed by atoms with Crippen molar-refractivity contribution < 1.29 is 58.0 Å². The van der Waals surface area contributed by atoms with Gasteiger partial charge in [-0.1, -0.05) is 0 Å². The Kier molecular flexibility index (Phi) is 12.6. The molecule has 3 amide bonds. The first-order chi connectivity index (χ1) is 20.0. The molecular weight excluding hydrogens is 636 g/mol. The SMILES string of the molecule is CC(=O)Cl.CC(=O)NC1C(=O)N2C(C(=O)O)=C(COC(C)=O)CSC12.CC(=O)OCC1=C(C(=O)O)N2C(=O)C(N)C2SC1. The molecule has 236 valence electrons. The number of rotatable bonds is 7. The van der Waals surface area contributed by atoms with Crippen LogP contribution in [0.4, 0.5) is 0 Å². The average Bonchev–Trinajstić information content (AvgIpc) is 2.91. The van der Waals surface area contributed by atoms with Gasteiger partial charge in [0.2, 0.25) is 17.1 Å². The fourth-order valence-corrected chi connectivity index (χ4v) is 6.68. The largest absolute Gasteiger partial charge is 0.477 e. The van der Waals surface area contributed by atoms with Crippen molar-refractivity contribution in [2.75, 3.05) is 24.7 Å². The third-order valence-corrected chi connectivity index (χ3v) is 8.50. The third-order valence-electron chi connectivity index (χ3n) is 5.80. The molecule has 16 nitrogen and oxygen atoms in total. The van der Waals surface area contributed by atoms with Crippen molar-refractivity contribution in [3.63, 3.8) is 0 Å². The quantitative estimate of drug-likeness (QED) is 0.148. The number of hydrogen-bond donors (Lipinski definition) is 4. The van der Waals surface area contributed by atoms with E-state index in [2.05, 4.69) is 16.9 Å². The Hall–Kier alpha value is -3.61. The molecule has 0 saturated carbocycles. The maximum atomic E-state index is 12.0. The van der Waals surface area contributed by atoms with Crippen molar-refractivity contribution >= 4 is 82.0 Å². The van der Waals surface area contributed by atoms with Gasteiger partial charge in [-0.3, -0.25) is 38.6 Å². The Morgan fingerprint density at radius 2 is 1.23 bits per heavy atom. The van der Waals surface area contributed by atoms with Gasteiger partial charge in [-0.2, -0.15) is 0 Å². The Balaban J connectivity index is 0.000000269. The van der Waals surface area contributed by atoms with E-state index in [1.54, 1.807) is 0 Å². The van der Waals surface area contributed by atoms with E-state index in [4.69, 9.17) is 20.3 Å². The number of ether oxygens (including phenoxy) is 2. The summed E-state index contributed by atoms with van der Waals surface area (Å²) < 4.78 is 9.60. The van der Waals surface area contributed by atoms with Crippen LogP contribution in [0.2, 0.25) is 0 Å². The zero-order valence-corrected chi connectivity index (χ0v) is 25.7. The lowest BCUT2D eigenvalue weighted by Gasteiger charge is -2.49. The van der Waals surface area contributed by atoms with E-state index >= 15 is 0 Å². The highest BCUT2D eigenvalue weighted by Crippen LogP contribution is 2.41. The fourth-order valence-electron chi connectivity index (χ4n) is 4.08. The Morgan fingerprint density at radius 1 is 0.837 bits per heavy atom. The van der Waals surface area contributed by atoms with Crippen LogP contribution in [-0.4, -0.2) is 114 Å². The molecule has 2 fully saturated rings. The van der Waals surface area contributed by atoms with Gasteiger partial charge in [0.05, 0.1) is 0 Å². The summed E-state index contributed by atoms with van der Waals surface area (Å²) in [5, 5.41) is 19.8. The van der Waals surface area contributed by atoms with Gasteiger partial charge in [0.1, 0.15) is 47.4 Å². The van der Waals surface area contributed by atoms with E-state index in [-0.39, 0.29) is 41.1 Å². The number of carbonyl (C=O) groups is 8. The maximum Gasteiger partial charge on any atom is 0.352 e. The number of esters is 2. The molecule has 4 rings (SSSR count). The highest BCUT2D eigenvalue weighted by atomic mass is 35.5. The Morgan fingerprint density at radius 3 is 1.60 bits per heavy atom. The Labute approximate surface area is 258 Å². The van der Waals surface area contributed by atoms with Crippen LogP contribution in [0.3, 0.4) is 0 Å². The summed E-state index contributed by atoms with van der Waals surface area (Å²) in [6, 6.07) is -1.36. The maximum absolute atomic E-state index is 12.0. The summed E-state index contributed by atoms with van der Waals surface area (Å²) in [6.07, 6.45) is 0. The lowest BCUT2D eigenvalue weighted by atomic mass is 10.0. The van der Waals surface area contributed by atoms with E-state index < -0.39 is 53.1 Å². The number of amides is 3. The first-order valence-corrected chi connectivity index (χ1v) is 14.7. The van der Waals surface area contributed by atoms with Crippen molar-refractivity contribution in [3.8, 4) is 0 Å². The third kappa shape index (κ3) is 8.71. The van der Waals surface area contributed by atoms with Crippen molar-refractivity contribution in [3.05, 3.63) is 22.5 Å². The second-order valence-corrected chi connectivity index (χ2v) is 11.8. The summed E-state index contributed by atoms with van der Waals surface area (Å²) in [7, 11) is 0. The van der Waals surface area contributed by atoms with Gasteiger partial charge in [-0.15, -0.1) is 23.5 Å². The van der Waals surface area contributed by atoms with E-state index in [1.807, 2.05) is 0 Å². The van der Waals surface area contributed by atoms with Crippen LogP contribution in [-0.2, 0) is 47.8 Å². The number of nitrogens with one attached hydrogen (secondary N) is 1. The van der Waals surface area contributed by atoms with Crippen molar-refractivity contribution in [1.29, 1.82) is 0 Å². The lowest BCUT2D eigenvalue weighted by molar-refractivity contribution is -0.150. The zero-order chi connectivity index (χ0) is 32.8. The number of nitrogens with two attached hydrogens (primary N) is 1. The fraction of sp³-hybridized carbons (Fsp3) is 0.500. The molecule has 0 aromatic heterocycles. The predicted octanol–water partition coefficient (Wildman–Crippen LogP) is -0.790. The number of carboxylic acid groups (broad SMARTS) is 2. The summed E-state index contributed by atoms with van der Waals surface area (Å²) in [4.78, 5) is 90.3. The van der Waals surface area contributed by atoms with Crippen LogP contribution in [0.5, 0.6) is 0 Å². The number of halogens is 1. The number of nitrogens with zero attached hydrogens (tertiary/aromatic N) is 2. The van der Waals surface area contributed by atoms with Gasteiger partial charge in [-0.25, -0.2) is 9.59 Å². The topological polar surface area (TPSA) is 240 Å². The van der Waals surface area contributed by atoms with Crippen LogP contribution in [0.1, 0.15) is 27.7 Å². The molecule has 5 N–H and O–H groups in total. The van der Waals surface area contributed by atoms with Crippen LogP contribution in [0.25, 0.3) is 0 Å². The smallest absolute Gasteiger partial charge is 0.352 e. The first-order valence-electron chi connectivity index (χ1n) is 12.2. The summed E-state index contributed by atoms with van der Waals surface area (Å²) >= 11 is 7.33. The number of β-lactam (4-membered cyclic amide) rings is 2. The van der Waals surface area contributed by atoms with E-state index in [1.165, 1.54) is 56.1 Å². The minimum atomic E-state index is -1.25. The zero-order valence-electron chi connectivity index (χ0n) is 23.3. The molecule has 4 unspecified atom stereocenters. The van der Waals surface area contributed by atoms with Crippen molar-refractivity contribution in [2.24, 2.45) is 5.73 Å². The molecule has 0 aliphatic carbocycles. The minimum Gasteiger partial charge on any atom is -0.477 e. The standard InChI is InChI=1S/C12H14N2O6S.C10H12N2O5S.C2H3ClO/c1-5(15)13-8-10(17)14-9(12(18)19)7(3-20-6(2)16)4-21-11(8)14;1-4(13)17-2-5-3-18-9-6(11)8(14)12(9)7(5)10(15)16;1-2(3)4/h8,11H,3-4H2,1-2H3,(H,13,15)(H,18,19);6,9H,2-3,11H2,1H3,(H,15,16);1H3. The summed E-state index contributed by atoms with van der Waals surface area (Å²) in [5.74, 6) is -4.00. The predicted molar refractivity (Wildman–Crippen MR) is 151 cm³/mol. The molecule has 0 radical (unpaired) electrons. The second-order valence-electron chi connectivity index (χ2n) is 9.07. The molecule has 0 spiro atoms. The van der Waals surface area contributed by atoms with Gasteiger partial charge < -0.3 is 30.7 Å². The molecule has 4 aliphatic heterocycles. The molecular formula is C24H29ClN4O12S2. The molecule has 43 heavy (non-hydrogen) atoms. The van der Waals surface area contributed by atoms with Gasteiger partial charge in [0, 0.05) is 50.3 Å². The first kappa shape index (κ1) is 35.6.